The minimum atomic E-state index is -0.770. The van der Waals surface area contributed by atoms with Gasteiger partial charge in [-0.1, -0.05) is 45.0 Å². The fourth-order valence-electron chi connectivity index (χ4n) is 2.45. The molecule has 0 bridgehead atoms. The van der Waals surface area contributed by atoms with Gasteiger partial charge in [-0.3, -0.25) is 10.1 Å². The van der Waals surface area contributed by atoms with Gasteiger partial charge >= 0.3 is 5.97 Å². The van der Waals surface area contributed by atoms with E-state index in [9.17, 15) is 9.90 Å². The molecule has 0 amide bonds. The molecule has 0 aromatic heterocycles. The quantitative estimate of drug-likeness (QED) is 0.783. The molecular formula is C14H19NO2. The molecule has 1 aliphatic heterocycles. The van der Waals surface area contributed by atoms with Gasteiger partial charge in [-0.15, -0.1) is 0 Å². The maximum absolute atomic E-state index is 11.2. The van der Waals surface area contributed by atoms with Crippen LogP contribution in [0.25, 0.3) is 0 Å². The molecule has 1 aromatic rings. The Bertz CT molecular complexity index is 434. The van der Waals surface area contributed by atoms with Gasteiger partial charge in [0.1, 0.15) is 6.04 Å². The van der Waals surface area contributed by atoms with Gasteiger partial charge in [-0.25, -0.2) is 0 Å². The molecule has 2 rings (SSSR count). The monoisotopic (exact) mass is 233 g/mol. The first-order valence-corrected chi connectivity index (χ1v) is 5.96. The van der Waals surface area contributed by atoms with Crippen molar-refractivity contribution >= 4 is 5.97 Å². The number of nitrogens with one attached hydrogen (secondary N) is 1. The van der Waals surface area contributed by atoms with Gasteiger partial charge in [0.2, 0.25) is 0 Å². The highest BCUT2D eigenvalue weighted by Crippen LogP contribution is 2.37. The fourth-order valence-corrected chi connectivity index (χ4v) is 2.45. The van der Waals surface area contributed by atoms with Crippen LogP contribution in [0.4, 0.5) is 0 Å². The smallest absolute Gasteiger partial charge is 0.321 e. The molecule has 1 aliphatic rings. The van der Waals surface area contributed by atoms with Crippen molar-refractivity contribution < 1.29 is 9.90 Å². The van der Waals surface area contributed by atoms with Gasteiger partial charge in [0.25, 0.3) is 0 Å². The highest BCUT2D eigenvalue weighted by molar-refractivity contribution is 5.74. The van der Waals surface area contributed by atoms with Crippen LogP contribution in [0.3, 0.4) is 0 Å². The van der Waals surface area contributed by atoms with Gasteiger partial charge in [-0.2, -0.15) is 0 Å². The Balaban J connectivity index is 2.43. The Morgan fingerprint density at radius 3 is 2.59 bits per heavy atom. The third-order valence-corrected chi connectivity index (χ3v) is 3.32. The van der Waals surface area contributed by atoms with Gasteiger partial charge in [0.15, 0.2) is 0 Å². The van der Waals surface area contributed by atoms with Crippen LogP contribution in [0.5, 0.6) is 0 Å². The molecule has 1 aromatic carbocycles. The first-order valence-electron chi connectivity index (χ1n) is 5.96. The van der Waals surface area contributed by atoms with Crippen molar-refractivity contribution in [3.05, 3.63) is 35.4 Å². The minimum absolute atomic E-state index is 0.00419. The number of carboxylic acid groups (broad SMARTS) is 1. The maximum atomic E-state index is 11.2. The summed E-state index contributed by atoms with van der Waals surface area (Å²) in [6.07, 6.45) is 0.568. The molecule has 0 saturated carbocycles. The average molecular weight is 233 g/mol. The van der Waals surface area contributed by atoms with Crippen LogP contribution in [0.1, 0.15) is 37.9 Å². The lowest BCUT2D eigenvalue weighted by Gasteiger charge is -2.39. The fraction of sp³-hybridized carbons (Fsp3) is 0.500. The summed E-state index contributed by atoms with van der Waals surface area (Å²) < 4.78 is 0. The lowest BCUT2D eigenvalue weighted by molar-refractivity contribution is -0.140. The Kier molecular flexibility index (Phi) is 2.96. The van der Waals surface area contributed by atoms with Crippen LogP contribution >= 0.6 is 0 Å². The van der Waals surface area contributed by atoms with E-state index in [4.69, 9.17) is 0 Å². The molecule has 3 heteroatoms. The number of fused-ring (bicyclic) bond motifs is 1. The zero-order chi connectivity index (χ0) is 12.6. The van der Waals surface area contributed by atoms with E-state index in [2.05, 4.69) is 32.2 Å². The summed E-state index contributed by atoms with van der Waals surface area (Å²) in [5.74, 6) is -0.770. The molecular weight excluding hydrogens is 214 g/mol. The number of hydrogen-bond donors (Lipinski definition) is 2. The summed E-state index contributed by atoms with van der Waals surface area (Å²) in [6, 6.07) is 7.73. The summed E-state index contributed by atoms with van der Waals surface area (Å²) in [5.41, 5.74) is 2.39. The van der Waals surface area contributed by atoms with Crippen molar-refractivity contribution in [3.63, 3.8) is 0 Å². The predicted molar refractivity (Wildman–Crippen MR) is 66.9 cm³/mol. The predicted octanol–water partition coefficient (Wildman–Crippen LogP) is 2.37. The Hall–Kier alpha value is -1.35. The molecule has 3 nitrogen and oxygen atoms in total. The zero-order valence-electron chi connectivity index (χ0n) is 10.5. The minimum Gasteiger partial charge on any atom is -0.480 e. The van der Waals surface area contributed by atoms with E-state index in [0.29, 0.717) is 6.42 Å². The second-order valence-corrected chi connectivity index (χ2v) is 5.76. The molecule has 92 valence electrons. The maximum Gasteiger partial charge on any atom is 0.321 e. The van der Waals surface area contributed by atoms with Gasteiger partial charge in [0.05, 0.1) is 0 Å². The number of carbonyl (C=O) groups is 1. The van der Waals surface area contributed by atoms with Crippen molar-refractivity contribution in [1.29, 1.82) is 0 Å². The van der Waals surface area contributed by atoms with Crippen molar-refractivity contribution in [1.82, 2.24) is 5.32 Å². The summed E-state index contributed by atoms with van der Waals surface area (Å²) in [7, 11) is 0. The molecule has 17 heavy (non-hydrogen) atoms. The molecule has 0 aliphatic carbocycles. The van der Waals surface area contributed by atoms with E-state index < -0.39 is 12.0 Å². The standard InChI is InChI=1S/C14H19NO2/c1-14(2,3)12-10-7-5-4-6-9(10)8-11(15-12)13(16)17/h4-7,11-12,15H,8H2,1-3H3,(H,16,17). The van der Waals surface area contributed by atoms with Crippen LogP contribution in [-0.2, 0) is 11.2 Å². The molecule has 0 radical (unpaired) electrons. The van der Waals surface area contributed by atoms with Crippen molar-refractivity contribution in [2.24, 2.45) is 5.41 Å². The van der Waals surface area contributed by atoms with Crippen molar-refractivity contribution in [2.75, 3.05) is 0 Å². The topological polar surface area (TPSA) is 49.3 Å². The molecule has 2 N–H and O–H groups in total. The molecule has 0 fully saturated rings. The second-order valence-electron chi connectivity index (χ2n) is 5.76. The zero-order valence-corrected chi connectivity index (χ0v) is 10.5. The van der Waals surface area contributed by atoms with Crippen LogP contribution in [-0.4, -0.2) is 17.1 Å². The molecule has 2 unspecified atom stereocenters. The largest absolute Gasteiger partial charge is 0.480 e. The first-order chi connectivity index (χ1) is 7.89. The molecule has 1 heterocycles. The van der Waals surface area contributed by atoms with Crippen molar-refractivity contribution in [2.45, 2.75) is 39.3 Å². The van der Waals surface area contributed by atoms with E-state index >= 15 is 0 Å². The third-order valence-electron chi connectivity index (χ3n) is 3.32. The second kappa shape index (κ2) is 4.15. The highest BCUT2D eigenvalue weighted by Gasteiger charge is 2.36. The van der Waals surface area contributed by atoms with E-state index in [1.165, 1.54) is 5.56 Å². The number of hydrogen-bond acceptors (Lipinski definition) is 2. The molecule has 2 atom stereocenters. The summed E-state index contributed by atoms with van der Waals surface area (Å²) >= 11 is 0. The Morgan fingerprint density at radius 1 is 1.35 bits per heavy atom. The van der Waals surface area contributed by atoms with Crippen LogP contribution < -0.4 is 5.32 Å². The van der Waals surface area contributed by atoms with E-state index in [1.807, 2.05) is 18.2 Å². The van der Waals surface area contributed by atoms with Gasteiger partial charge in [0, 0.05) is 6.04 Å². The lowest BCUT2D eigenvalue weighted by atomic mass is 9.77. The summed E-state index contributed by atoms with van der Waals surface area (Å²) in [4.78, 5) is 11.2. The van der Waals surface area contributed by atoms with Crippen LogP contribution in [0.15, 0.2) is 24.3 Å². The van der Waals surface area contributed by atoms with Crippen molar-refractivity contribution in [3.8, 4) is 0 Å². The number of benzene rings is 1. The van der Waals surface area contributed by atoms with E-state index in [1.54, 1.807) is 0 Å². The number of rotatable bonds is 1. The Morgan fingerprint density at radius 2 is 2.00 bits per heavy atom. The summed E-state index contributed by atoms with van der Waals surface area (Å²) in [6.45, 7) is 6.39. The normalized spacial score (nSPS) is 24.2. The third kappa shape index (κ3) is 2.34. The molecule has 0 spiro atoms. The molecule has 0 saturated heterocycles. The lowest BCUT2D eigenvalue weighted by Crippen LogP contribution is -2.48. The Labute approximate surface area is 102 Å². The van der Waals surface area contributed by atoms with Crippen LogP contribution in [0.2, 0.25) is 0 Å². The SMILES string of the molecule is CC(C)(C)C1NC(C(=O)O)Cc2ccccc21. The van der Waals surface area contributed by atoms with E-state index in [-0.39, 0.29) is 11.5 Å². The van der Waals surface area contributed by atoms with Crippen LogP contribution in [0, 0.1) is 5.41 Å². The highest BCUT2D eigenvalue weighted by atomic mass is 16.4. The average Bonchev–Trinajstić information content (AvgIpc) is 2.26. The van der Waals surface area contributed by atoms with E-state index in [0.717, 1.165) is 5.56 Å². The van der Waals surface area contributed by atoms with Gasteiger partial charge < -0.3 is 5.11 Å². The van der Waals surface area contributed by atoms with Gasteiger partial charge in [-0.05, 0) is 23.0 Å². The number of carboxylic acids is 1. The number of aliphatic carboxylic acids is 1. The first kappa shape index (κ1) is 12.1. The summed E-state index contributed by atoms with van der Waals surface area (Å²) in [5, 5.41) is 12.4.